The monoisotopic (exact) mass is 351 g/mol. The predicted octanol–water partition coefficient (Wildman–Crippen LogP) is 2.85. The Morgan fingerprint density at radius 1 is 1.12 bits per heavy atom. The number of carbonyl (C=O) groups excluding carboxylic acids is 2. The molecule has 0 radical (unpaired) electrons. The van der Waals surface area contributed by atoms with Crippen LogP contribution in [0.25, 0.3) is 5.65 Å². The maximum Gasteiger partial charge on any atom is 0.325 e. The SMILES string of the molecule is CCOC(=O)CN(Cc1ccccc1)C(=O)c1cn2c(C)cccc2n1. The third kappa shape index (κ3) is 3.91. The fourth-order valence-electron chi connectivity index (χ4n) is 2.78. The van der Waals surface area contributed by atoms with Crippen molar-refractivity contribution < 1.29 is 14.3 Å². The van der Waals surface area contributed by atoms with E-state index in [4.69, 9.17) is 4.74 Å². The number of carbonyl (C=O) groups is 2. The minimum Gasteiger partial charge on any atom is -0.465 e. The topological polar surface area (TPSA) is 63.9 Å². The van der Waals surface area contributed by atoms with Gasteiger partial charge in [0.05, 0.1) is 6.61 Å². The van der Waals surface area contributed by atoms with Crippen LogP contribution in [-0.2, 0) is 16.1 Å². The molecule has 3 rings (SSSR count). The third-order valence-electron chi connectivity index (χ3n) is 4.04. The maximum atomic E-state index is 13.0. The fourth-order valence-corrected chi connectivity index (χ4v) is 2.78. The lowest BCUT2D eigenvalue weighted by Crippen LogP contribution is -2.36. The summed E-state index contributed by atoms with van der Waals surface area (Å²) in [5, 5.41) is 0. The summed E-state index contributed by atoms with van der Waals surface area (Å²) in [4.78, 5) is 30.8. The number of ether oxygens (including phenoxy) is 1. The van der Waals surface area contributed by atoms with E-state index >= 15 is 0 Å². The molecule has 0 spiro atoms. The lowest BCUT2D eigenvalue weighted by Gasteiger charge is -2.21. The number of aromatic nitrogens is 2. The number of hydrogen-bond donors (Lipinski definition) is 0. The lowest BCUT2D eigenvalue weighted by molar-refractivity contribution is -0.143. The van der Waals surface area contributed by atoms with Gasteiger partial charge in [-0.3, -0.25) is 9.59 Å². The zero-order valence-electron chi connectivity index (χ0n) is 14.9. The van der Waals surface area contributed by atoms with Gasteiger partial charge in [-0.05, 0) is 31.5 Å². The molecular formula is C20H21N3O3. The van der Waals surface area contributed by atoms with E-state index in [0.717, 1.165) is 11.3 Å². The van der Waals surface area contributed by atoms with Gasteiger partial charge in [0.1, 0.15) is 17.9 Å². The number of fused-ring (bicyclic) bond motifs is 1. The van der Waals surface area contributed by atoms with Gasteiger partial charge in [-0.25, -0.2) is 4.98 Å². The van der Waals surface area contributed by atoms with Crippen LogP contribution in [0.3, 0.4) is 0 Å². The van der Waals surface area contributed by atoms with Crippen molar-refractivity contribution in [1.29, 1.82) is 0 Å². The number of hydrogen-bond acceptors (Lipinski definition) is 4. The van der Waals surface area contributed by atoms with E-state index in [0.29, 0.717) is 17.9 Å². The summed E-state index contributed by atoms with van der Waals surface area (Å²) in [6.45, 7) is 4.16. The van der Waals surface area contributed by atoms with Crippen molar-refractivity contribution in [2.75, 3.05) is 13.2 Å². The van der Waals surface area contributed by atoms with E-state index in [1.54, 1.807) is 13.1 Å². The smallest absolute Gasteiger partial charge is 0.325 e. The molecule has 6 nitrogen and oxygen atoms in total. The molecule has 0 saturated heterocycles. The molecule has 0 atom stereocenters. The number of pyridine rings is 1. The molecule has 2 aromatic heterocycles. The number of rotatable bonds is 6. The molecule has 134 valence electrons. The molecule has 0 aliphatic heterocycles. The maximum absolute atomic E-state index is 13.0. The quantitative estimate of drug-likeness (QED) is 0.641. The molecule has 1 aromatic carbocycles. The van der Waals surface area contributed by atoms with E-state index in [2.05, 4.69) is 4.98 Å². The Morgan fingerprint density at radius 3 is 2.58 bits per heavy atom. The molecule has 0 N–H and O–H groups in total. The number of aryl methyl sites for hydroxylation is 1. The molecule has 1 amide bonds. The molecule has 0 fully saturated rings. The Labute approximate surface area is 152 Å². The number of imidazole rings is 1. The second-order valence-corrected chi connectivity index (χ2v) is 5.97. The van der Waals surface area contributed by atoms with Crippen LogP contribution in [0.15, 0.2) is 54.7 Å². The summed E-state index contributed by atoms with van der Waals surface area (Å²) in [6.07, 6.45) is 1.70. The highest BCUT2D eigenvalue weighted by atomic mass is 16.5. The molecule has 0 unspecified atom stereocenters. The first-order chi connectivity index (χ1) is 12.6. The largest absolute Gasteiger partial charge is 0.465 e. The summed E-state index contributed by atoms with van der Waals surface area (Å²) in [7, 11) is 0. The van der Waals surface area contributed by atoms with Gasteiger partial charge in [0.25, 0.3) is 5.91 Å². The molecule has 26 heavy (non-hydrogen) atoms. The van der Waals surface area contributed by atoms with Gasteiger partial charge in [-0.2, -0.15) is 0 Å². The average Bonchev–Trinajstić information content (AvgIpc) is 3.07. The Hall–Kier alpha value is -3.15. The molecule has 0 bridgehead atoms. The van der Waals surface area contributed by atoms with Crippen molar-refractivity contribution in [2.45, 2.75) is 20.4 Å². The number of esters is 1. The third-order valence-corrected chi connectivity index (χ3v) is 4.04. The molecule has 0 aliphatic rings. The molecule has 3 aromatic rings. The molecule has 2 heterocycles. The van der Waals surface area contributed by atoms with Crippen molar-refractivity contribution in [1.82, 2.24) is 14.3 Å². The number of amides is 1. The van der Waals surface area contributed by atoms with Gasteiger partial charge < -0.3 is 14.0 Å². The van der Waals surface area contributed by atoms with Crippen LogP contribution in [0.5, 0.6) is 0 Å². The van der Waals surface area contributed by atoms with Gasteiger partial charge in [0, 0.05) is 18.4 Å². The molecular weight excluding hydrogens is 330 g/mol. The van der Waals surface area contributed by atoms with Crippen LogP contribution in [0.4, 0.5) is 0 Å². The first kappa shape index (κ1) is 17.7. The number of benzene rings is 1. The zero-order chi connectivity index (χ0) is 18.5. The van der Waals surface area contributed by atoms with Gasteiger partial charge in [0.2, 0.25) is 0 Å². The van der Waals surface area contributed by atoms with Crippen LogP contribution in [0, 0.1) is 6.92 Å². The highest BCUT2D eigenvalue weighted by molar-refractivity contribution is 5.94. The Morgan fingerprint density at radius 2 is 1.88 bits per heavy atom. The van der Waals surface area contributed by atoms with Crippen LogP contribution in [-0.4, -0.2) is 39.3 Å². The molecule has 0 saturated carbocycles. The summed E-state index contributed by atoms with van der Waals surface area (Å²) in [5.41, 5.74) is 2.92. The van der Waals surface area contributed by atoms with Crippen LogP contribution >= 0.6 is 0 Å². The van der Waals surface area contributed by atoms with Crippen LogP contribution in [0.1, 0.15) is 28.7 Å². The normalized spacial score (nSPS) is 10.7. The minimum absolute atomic E-state index is 0.117. The second-order valence-electron chi connectivity index (χ2n) is 5.97. The Bertz CT molecular complexity index is 918. The van der Waals surface area contributed by atoms with Gasteiger partial charge in [-0.15, -0.1) is 0 Å². The first-order valence-corrected chi connectivity index (χ1v) is 8.52. The zero-order valence-corrected chi connectivity index (χ0v) is 14.9. The highest BCUT2D eigenvalue weighted by Crippen LogP contribution is 2.13. The van der Waals surface area contributed by atoms with Crippen LogP contribution in [0.2, 0.25) is 0 Å². The Balaban J connectivity index is 1.89. The summed E-state index contributed by atoms with van der Waals surface area (Å²) in [6, 6.07) is 15.2. The Kier molecular flexibility index (Phi) is 5.31. The summed E-state index contributed by atoms with van der Waals surface area (Å²) >= 11 is 0. The summed E-state index contributed by atoms with van der Waals surface area (Å²) < 4.78 is 6.88. The van der Waals surface area contributed by atoms with E-state index in [-0.39, 0.29) is 19.1 Å². The standard InChI is InChI=1S/C20H21N3O3/c1-3-26-19(24)14-22(12-16-9-5-4-6-10-16)20(25)17-13-23-15(2)8-7-11-18(23)21-17/h4-11,13H,3,12,14H2,1-2H3. The second kappa shape index (κ2) is 7.82. The van der Waals surface area contributed by atoms with E-state index in [9.17, 15) is 9.59 Å². The first-order valence-electron chi connectivity index (χ1n) is 8.52. The van der Waals surface area contributed by atoms with Crippen LogP contribution < -0.4 is 0 Å². The predicted molar refractivity (Wildman–Crippen MR) is 97.7 cm³/mol. The van der Waals surface area contributed by atoms with Crippen molar-refractivity contribution in [2.24, 2.45) is 0 Å². The minimum atomic E-state index is -0.434. The average molecular weight is 351 g/mol. The summed E-state index contributed by atoms with van der Waals surface area (Å²) in [5.74, 6) is -0.735. The van der Waals surface area contributed by atoms with Gasteiger partial charge in [-0.1, -0.05) is 36.4 Å². The fraction of sp³-hybridized carbons (Fsp3) is 0.250. The molecule has 0 aliphatic carbocycles. The van der Waals surface area contributed by atoms with Crippen molar-refractivity contribution in [3.63, 3.8) is 0 Å². The van der Waals surface area contributed by atoms with E-state index in [1.165, 1.54) is 4.90 Å². The highest BCUT2D eigenvalue weighted by Gasteiger charge is 2.22. The van der Waals surface area contributed by atoms with Gasteiger partial charge >= 0.3 is 5.97 Å². The van der Waals surface area contributed by atoms with E-state index in [1.807, 2.05) is 59.9 Å². The van der Waals surface area contributed by atoms with Crippen molar-refractivity contribution in [3.8, 4) is 0 Å². The van der Waals surface area contributed by atoms with Gasteiger partial charge in [0.15, 0.2) is 0 Å². The lowest BCUT2D eigenvalue weighted by atomic mass is 10.2. The van der Waals surface area contributed by atoms with E-state index < -0.39 is 5.97 Å². The van der Waals surface area contributed by atoms with Crippen molar-refractivity contribution in [3.05, 3.63) is 71.7 Å². The molecule has 6 heteroatoms. The number of nitrogens with zero attached hydrogens (tertiary/aromatic N) is 3. The van der Waals surface area contributed by atoms with Crippen molar-refractivity contribution >= 4 is 17.5 Å².